The first kappa shape index (κ1) is 16.4. The van der Waals surface area contributed by atoms with E-state index < -0.39 is 12.1 Å². The van der Waals surface area contributed by atoms with Crippen LogP contribution in [0, 0.1) is 0 Å². The number of nitrogens with one attached hydrogen (secondary N) is 2. The quantitative estimate of drug-likeness (QED) is 0.765. The minimum atomic E-state index is -0.600. The smallest absolute Gasteiger partial charge is 0.248 e. The molecule has 0 radical (unpaired) electrons. The van der Waals surface area contributed by atoms with Crippen LogP contribution in [0.3, 0.4) is 0 Å². The van der Waals surface area contributed by atoms with Crippen molar-refractivity contribution in [2.24, 2.45) is 0 Å². The summed E-state index contributed by atoms with van der Waals surface area (Å²) < 4.78 is 5.35. The molecule has 1 heterocycles. The Labute approximate surface area is 139 Å². The first-order valence-electron chi connectivity index (χ1n) is 7.94. The normalized spacial score (nSPS) is 19.5. The molecule has 24 heavy (non-hydrogen) atoms. The van der Waals surface area contributed by atoms with Crippen molar-refractivity contribution in [2.75, 3.05) is 6.61 Å². The number of pyridine rings is 1. The molecule has 3 rings (SSSR count). The molecule has 3 N–H and O–H groups in total. The maximum absolute atomic E-state index is 12.1. The van der Waals surface area contributed by atoms with Gasteiger partial charge in [-0.05, 0) is 35.6 Å². The van der Waals surface area contributed by atoms with Crippen molar-refractivity contribution < 1.29 is 14.6 Å². The summed E-state index contributed by atoms with van der Waals surface area (Å²) in [4.78, 5) is 25.8. The van der Waals surface area contributed by atoms with Crippen molar-refractivity contribution in [1.82, 2.24) is 10.3 Å². The van der Waals surface area contributed by atoms with Crippen LogP contribution in [0.25, 0.3) is 0 Å². The number of hydrogen-bond acceptors (Lipinski definition) is 4. The highest BCUT2D eigenvalue weighted by Gasteiger charge is 2.28. The lowest BCUT2D eigenvalue weighted by molar-refractivity contribution is -0.127. The minimum absolute atomic E-state index is 0.127. The molecule has 1 amide bonds. The number of aliphatic hydroxyl groups excluding tert-OH is 1. The van der Waals surface area contributed by atoms with Crippen LogP contribution in [0.15, 0.2) is 47.4 Å². The number of carbonyl (C=O) groups excluding carboxylic acids is 1. The van der Waals surface area contributed by atoms with E-state index >= 15 is 0 Å². The minimum Gasteiger partial charge on any atom is -0.391 e. The summed E-state index contributed by atoms with van der Waals surface area (Å²) in [6.07, 6.45) is 2.37. The Morgan fingerprint density at radius 2 is 2.17 bits per heavy atom. The van der Waals surface area contributed by atoms with Crippen molar-refractivity contribution in [3.8, 4) is 0 Å². The molecule has 126 valence electrons. The van der Waals surface area contributed by atoms with Gasteiger partial charge in [0.2, 0.25) is 11.5 Å². The molecule has 1 aliphatic rings. The Hall–Kier alpha value is -2.44. The van der Waals surface area contributed by atoms with Gasteiger partial charge in [0.15, 0.2) is 0 Å². The van der Waals surface area contributed by atoms with E-state index in [2.05, 4.69) is 10.3 Å². The number of amides is 1. The van der Waals surface area contributed by atoms with E-state index in [-0.39, 0.29) is 24.7 Å². The average molecular weight is 328 g/mol. The SMILES string of the molecule is O=C(COCc1cc[nH]c(=O)c1)N[C@H]1c2ccccc2CC[C@H]1O. The number of aromatic nitrogens is 1. The fourth-order valence-electron chi connectivity index (χ4n) is 2.97. The molecular weight excluding hydrogens is 308 g/mol. The van der Waals surface area contributed by atoms with Gasteiger partial charge in [0.1, 0.15) is 6.61 Å². The zero-order valence-electron chi connectivity index (χ0n) is 13.2. The third kappa shape index (κ3) is 3.90. The molecule has 1 aromatic heterocycles. The first-order chi connectivity index (χ1) is 11.6. The fraction of sp³-hybridized carbons (Fsp3) is 0.333. The second kappa shape index (κ2) is 7.42. The van der Waals surface area contributed by atoms with E-state index in [4.69, 9.17) is 4.74 Å². The molecule has 0 fully saturated rings. The molecule has 0 aliphatic heterocycles. The largest absolute Gasteiger partial charge is 0.391 e. The molecular formula is C18H20N2O4. The van der Waals surface area contributed by atoms with E-state index in [1.54, 1.807) is 6.07 Å². The van der Waals surface area contributed by atoms with Crippen molar-refractivity contribution >= 4 is 5.91 Å². The summed E-state index contributed by atoms with van der Waals surface area (Å²) in [5, 5.41) is 13.0. The lowest BCUT2D eigenvalue weighted by Crippen LogP contribution is -2.40. The third-order valence-corrected chi connectivity index (χ3v) is 4.14. The van der Waals surface area contributed by atoms with Gasteiger partial charge in [-0.25, -0.2) is 0 Å². The lowest BCUT2D eigenvalue weighted by atomic mass is 9.85. The second-order valence-corrected chi connectivity index (χ2v) is 5.90. The molecule has 0 spiro atoms. The molecule has 0 bridgehead atoms. The maximum Gasteiger partial charge on any atom is 0.248 e. The summed E-state index contributed by atoms with van der Waals surface area (Å²) in [5.74, 6) is -0.291. The number of aryl methyl sites for hydroxylation is 1. The monoisotopic (exact) mass is 328 g/mol. The van der Waals surface area contributed by atoms with Crippen molar-refractivity contribution in [2.45, 2.75) is 31.6 Å². The molecule has 2 atom stereocenters. The number of H-pyrrole nitrogens is 1. The molecule has 0 saturated carbocycles. The van der Waals surface area contributed by atoms with Crippen LogP contribution >= 0.6 is 0 Å². The van der Waals surface area contributed by atoms with Crippen molar-refractivity contribution in [3.05, 3.63) is 69.6 Å². The van der Waals surface area contributed by atoms with Gasteiger partial charge in [-0.3, -0.25) is 9.59 Å². The van der Waals surface area contributed by atoms with E-state index in [9.17, 15) is 14.7 Å². The third-order valence-electron chi connectivity index (χ3n) is 4.14. The Kier molecular flexibility index (Phi) is 5.08. The molecule has 0 saturated heterocycles. The average Bonchev–Trinajstić information content (AvgIpc) is 2.58. The van der Waals surface area contributed by atoms with Gasteiger partial charge in [-0.1, -0.05) is 24.3 Å². The maximum atomic E-state index is 12.1. The number of ether oxygens (including phenoxy) is 1. The number of hydrogen-bond donors (Lipinski definition) is 3. The van der Waals surface area contributed by atoms with E-state index in [0.717, 1.165) is 17.5 Å². The summed E-state index contributed by atoms with van der Waals surface area (Å²) >= 11 is 0. The highest BCUT2D eigenvalue weighted by atomic mass is 16.5. The number of aromatic amines is 1. The Morgan fingerprint density at radius 1 is 1.33 bits per heavy atom. The molecule has 6 nitrogen and oxygen atoms in total. The fourth-order valence-corrected chi connectivity index (χ4v) is 2.97. The van der Waals surface area contributed by atoms with Crippen molar-refractivity contribution in [1.29, 1.82) is 0 Å². The van der Waals surface area contributed by atoms with Gasteiger partial charge in [-0.2, -0.15) is 0 Å². The van der Waals surface area contributed by atoms with Gasteiger partial charge in [0.25, 0.3) is 0 Å². The van der Waals surface area contributed by atoms with E-state index in [0.29, 0.717) is 12.0 Å². The Balaban J connectivity index is 1.56. The number of benzene rings is 1. The summed E-state index contributed by atoms with van der Waals surface area (Å²) in [6.45, 7) is 0.0549. The lowest BCUT2D eigenvalue weighted by Gasteiger charge is -2.31. The van der Waals surface area contributed by atoms with E-state index in [1.165, 1.54) is 12.3 Å². The van der Waals surface area contributed by atoms with Crippen LogP contribution in [0.5, 0.6) is 0 Å². The summed E-state index contributed by atoms with van der Waals surface area (Å²) in [6, 6.07) is 10.5. The van der Waals surface area contributed by atoms with Gasteiger partial charge < -0.3 is 20.1 Å². The molecule has 6 heteroatoms. The number of rotatable bonds is 5. The number of fused-ring (bicyclic) bond motifs is 1. The topological polar surface area (TPSA) is 91.4 Å². The zero-order chi connectivity index (χ0) is 16.9. The van der Waals surface area contributed by atoms with Crippen LogP contribution in [-0.4, -0.2) is 28.7 Å². The van der Waals surface area contributed by atoms with Crippen LogP contribution in [0.1, 0.15) is 29.2 Å². The molecule has 1 aromatic carbocycles. The molecule has 2 aromatic rings. The van der Waals surface area contributed by atoms with Gasteiger partial charge in [-0.15, -0.1) is 0 Å². The van der Waals surface area contributed by atoms with Gasteiger partial charge >= 0.3 is 0 Å². The molecule has 0 unspecified atom stereocenters. The Morgan fingerprint density at radius 3 is 3.00 bits per heavy atom. The molecule has 1 aliphatic carbocycles. The highest BCUT2D eigenvalue weighted by Crippen LogP contribution is 2.29. The van der Waals surface area contributed by atoms with E-state index in [1.807, 2.05) is 24.3 Å². The second-order valence-electron chi connectivity index (χ2n) is 5.90. The number of carbonyl (C=O) groups is 1. The summed E-state index contributed by atoms with van der Waals surface area (Å²) in [5.41, 5.74) is 2.61. The zero-order valence-corrected chi connectivity index (χ0v) is 13.2. The van der Waals surface area contributed by atoms with Crippen molar-refractivity contribution in [3.63, 3.8) is 0 Å². The predicted molar refractivity (Wildman–Crippen MR) is 88.4 cm³/mol. The number of aliphatic hydroxyl groups is 1. The summed E-state index contributed by atoms with van der Waals surface area (Å²) in [7, 11) is 0. The van der Waals surface area contributed by atoms with Crippen LogP contribution in [0.4, 0.5) is 0 Å². The standard InChI is InChI=1S/C18H20N2O4/c21-15-6-5-13-3-1-2-4-14(13)18(15)20-17(23)11-24-10-12-7-8-19-16(22)9-12/h1-4,7-9,15,18,21H,5-6,10-11H2,(H,19,22)(H,20,23)/t15-,18+/m1/s1. The first-order valence-corrected chi connectivity index (χ1v) is 7.94. The predicted octanol–water partition coefficient (Wildman–Crippen LogP) is 1.06. The van der Waals surface area contributed by atoms with Crippen LogP contribution in [-0.2, 0) is 22.6 Å². The Bertz CT molecular complexity index is 771. The van der Waals surface area contributed by atoms with Gasteiger partial charge in [0.05, 0.1) is 18.8 Å². The highest BCUT2D eigenvalue weighted by molar-refractivity contribution is 5.77. The van der Waals surface area contributed by atoms with Gasteiger partial charge in [0, 0.05) is 12.3 Å². The van der Waals surface area contributed by atoms with Crippen LogP contribution < -0.4 is 10.9 Å². The van der Waals surface area contributed by atoms with Crippen LogP contribution in [0.2, 0.25) is 0 Å².